The number of aromatic nitrogens is 2. The first-order valence-corrected chi connectivity index (χ1v) is 11.0. The first-order chi connectivity index (χ1) is 13.0. The van der Waals surface area contributed by atoms with E-state index in [2.05, 4.69) is 29.4 Å². The lowest BCUT2D eigenvalue weighted by Gasteiger charge is -2.17. The van der Waals surface area contributed by atoms with Gasteiger partial charge in [-0.3, -0.25) is 14.5 Å². The van der Waals surface area contributed by atoms with E-state index in [0.29, 0.717) is 21.8 Å². The van der Waals surface area contributed by atoms with Crippen LogP contribution < -0.4 is 10.2 Å². The van der Waals surface area contributed by atoms with Gasteiger partial charge in [0.15, 0.2) is 4.34 Å². The summed E-state index contributed by atoms with van der Waals surface area (Å²) in [6.45, 7) is 6.13. The fourth-order valence-corrected chi connectivity index (χ4v) is 4.33. The summed E-state index contributed by atoms with van der Waals surface area (Å²) in [7, 11) is 0. The number of hydrogen-bond donors (Lipinski definition) is 1. The molecule has 1 saturated carbocycles. The van der Waals surface area contributed by atoms with Crippen molar-refractivity contribution in [3.63, 3.8) is 0 Å². The number of anilines is 2. The van der Waals surface area contributed by atoms with Gasteiger partial charge in [-0.25, -0.2) is 0 Å². The summed E-state index contributed by atoms with van der Waals surface area (Å²) in [5, 5.41) is 11.8. The second-order valence-electron chi connectivity index (χ2n) is 6.81. The first-order valence-electron chi connectivity index (χ1n) is 9.16. The van der Waals surface area contributed by atoms with Gasteiger partial charge in [0, 0.05) is 18.2 Å². The van der Waals surface area contributed by atoms with Gasteiger partial charge in [0.25, 0.3) is 0 Å². The maximum absolute atomic E-state index is 12.2. The number of hydrogen-bond acceptors (Lipinski definition) is 6. The predicted molar refractivity (Wildman–Crippen MR) is 111 cm³/mol. The van der Waals surface area contributed by atoms with Crippen LogP contribution in [0.15, 0.2) is 28.6 Å². The lowest BCUT2D eigenvalue weighted by molar-refractivity contribution is -0.118. The molecule has 0 radical (unpaired) electrons. The Hall–Kier alpha value is -1.93. The van der Waals surface area contributed by atoms with Crippen LogP contribution in [0.3, 0.4) is 0 Å². The summed E-state index contributed by atoms with van der Waals surface area (Å²) in [5.74, 6) is 0.711. The van der Waals surface area contributed by atoms with E-state index in [1.54, 1.807) is 4.90 Å². The van der Waals surface area contributed by atoms with Crippen LogP contribution in [-0.4, -0.2) is 33.8 Å². The Bertz CT molecular complexity index is 800. The summed E-state index contributed by atoms with van der Waals surface area (Å²) < 4.78 is 0.699. The molecule has 2 aromatic rings. The molecule has 1 aliphatic rings. The van der Waals surface area contributed by atoms with Crippen molar-refractivity contribution in [1.82, 2.24) is 10.2 Å². The molecular weight excluding hydrogens is 380 g/mol. The Labute approximate surface area is 167 Å². The standard InChI is InChI=1S/C19H24N4O2S2/c1-4-17(25)23(15-9-10-15)18-21-22-19(27-18)26-11-16(24)20-14-7-5-13(6-8-14)12(2)3/h5-8,12,15H,4,9-11H2,1-3H3,(H,20,24). The molecule has 1 aromatic carbocycles. The minimum atomic E-state index is -0.0854. The van der Waals surface area contributed by atoms with Gasteiger partial charge in [0.2, 0.25) is 16.9 Å². The zero-order valence-electron chi connectivity index (χ0n) is 15.8. The molecule has 8 heteroatoms. The zero-order chi connectivity index (χ0) is 19.4. The second-order valence-corrected chi connectivity index (χ2v) is 8.99. The molecule has 1 N–H and O–H groups in total. The Morgan fingerprint density at radius 3 is 2.56 bits per heavy atom. The SMILES string of the molecule is CCC(=O)N(c1nnc(SCC(=O)Nc2ccc(C(C)C)cc2)s1)C1CC1. The van der Waals surface area contributed by atoms with Crippen molar-refractivity contribution in [3.8, 4) is 0 Å². The molecular formula is C19H24N4O2S2. The molecule has 2 amide bonds. The van der Waals surface area contributed by atoms with Gasteiger partial charge < -0.3 is 5.32 Å². The zero-order valence-corrected chi connectivity index (χ0v) is 17.4. The highest BCUT2D eigenvalue weighted by Crippen LogP contribution is 2.36. The van der Waals surface area contributed by atoms with E-state index in [4.69, 9.17) is 0 Å². The van der Waals surface area contributed by atoms with Crippen LogP contribution in [0.1, 0.15) is 51.5 Å². The lowest BCUT2D eigenvalue weighted by atomic mass is 10.0. The van der Waals surface area contributed by atoms with Crippen LogP contribution in [0, 0.1) is 0 Å². The van der Waals surface area contributed by atoms with Crippen molar-refractivity contribution in [2.75, 3.05) is 16.0 Å². The molecule has 1 fully saturated rings. The van der Waals surface area contributed by atoms with Crippen molar-refractivity contribution in [2.24, 2.45) is 0 Å². The highest BCUT2D eigenvalue weighted by Gasteiger charge is 2.35. The van der Waals surface area contributed by atoms with E-state index in [-0.39, 0.29) is 23.6 Å². The molecule has 0 spiro atoms. The number of carbonyl (C=O) groups is 2. The Morgan fingerprint density at radius 1 is 1.26 bits per heavy atom. The van der Waals surface area contributed by atoms with Gasteiger partial charge in [0.1, 0.15) is 0 Å². The van der Waals surface area contributed by atoms with Crippen molar-refractivity contribution < 1.29 is 9.59 Å². The van der Waals surface area contributed by atoms with Crippen LogP contribution in [-0.2, 0) is 9.59 Å². The maximum atomic E-state index is 12.2. The quantitative estimate of drug-likeness (QED) is 0.524. The molecule has 3 rings (SSSR count). The normalized spacial score (nSPS) is 13.6. The smallest absolute Gasteiger partial charge is 0.234 e. The fourth-order valence-electron chi connectivity index (χ4n) is 2.60. The predicted octanol–water partition coefficient (Wildman–Crippen LogP) is 4.30. The van der Waals surface area contributed by atoms with Crippen LogP contribution in [0.4, 0.5) is 10.8 Å². The van der Waals surface area contributed by atoms with Crippen LogP contribution in [0.25, 0.3) is 0 Å². The van der Waals surface area contributed by atoms with Gasteiger partial charge in [-0.15, -0.1) is 10.2 Å². The first kappa shape index (κ1) is 19.8. The van der Waals surface area contributed by atoms with Gasteiger partial charge in [0.05, 0.1) is 5.75 Å². The molecule has 0 bridgehead atoms. The van der Waals surface area contributed by atoms with Gasteiger partial charge >= 0.3 is 0 Å². The largest absolute Gasteiger partial charge is 0.325 e. The number of carbonyl (C=O) groups excluding carboxylic acids is 2. The number of nitrogens with one attached hydrogen (secondary N) is 1. The maximum Gasteiger partial charge on any atom is 0.234 e. The Morgan fingerprint density at radius 2 is 1.96 bits per heavy atom. The van der Waals surface area contributed by atoms with Crippen molar-refractivity contribution in [1.29, 1.82) is 0 Å². The monoisotopic (exact) mass is 404 g/mol. The summed E-state index contributed by atoms with van der Waals surface area (Å²) in [6, 6.07) is 8.17. The van der Waals surface area contributed by atoms with E-state index >= 15 is 0 Å². The van der Waals surface area contributed by atoms with E-state index in [9.17, 15) is 9.59 Å². The average Bonchev–Trinajstić information content (AvgIpc) is 3.38. The molecule has 1 aliphatic carbocycles. The molecule has 1 heterocycles. The minimum absolute atomic E-state index is 0.0767. The lowest BCUT2D eigenvalue weighted by Crippen LogP contribution is -2.32. The molecule has 27 heavy (non-hydrogen) atoms. The summed E-state index contributed by atoms with van der Waals surface area (Å²) in [5.41, 5.74) is 2.03. The third-order valence-electron chi connectivity index (χ3n) is 4.27. The fraction of sp³-hybridized carbons (Fsp3) is 0.474. The van der Waals surface area contributed by atoms with E-state index in [1.807, 2.05) is 31.2 Å². The van der Waals surface area contributed by atoms with Gasteiger partial charge in [-0.1, -0.05) is 56.0 Å². The molecule has 0 unspecified atom stereocenters. The van der Waals surface area contributed by atoms with Crippen molar-refractivity contribution in [2.45, 2.75) is 56.3 Å². The Balaban J connectivity index is 1.53. The van der Waals surface area contributed by atoms with Crippen LogP contribution >= 0.6 is 23.1 Å². The van der Waals surface area contributed by atoms with Crippen LogP contribution in [0.5, 0.6) is 0 Å². The molecule has 0 saturated heterocycles. The van der Waals surface area contributed by atoms with Crippen LogP contribution in [0.2, 0.25) is 0 Å². The molecule has 144 valence electrons. The summed E-state index contributed by atoms with van der Waals surface area (Å²) >= 11 is 2.71. The Kier molecular flexibility index (Phi) is 6.49. The van der Waals surface area contributed by atoms with E-state index in [0.717, 1.165) is 18.5 Å². The molecule has 6 nitrogen and oxygen atoms in total. The second kappa shape index (κ2) is 8.84. The van der Waals surface area contributed by atoms with Gasteiger partial charge in [-0.05, 0) is 36.5 Å². The third kappa shape index (κ3) is 5.29. The summed E-state index contributed by atoms with van der Waals surface area (Å²) in [6.07, 6.45) is 2.49. The van der Waals surface area contributed by atoms with Gasteiger partial charge in [-0.2, -0.15) is 0 Å². The highest BCUT2D eigenvalue weighted by atomic mass is 32.2. The number of nitrogens with zero attached hydrogens (tertiary/aromatic N) is 3. The van der Waals surface area contributed by atoms with E-state index < -0.39 is 0 Å². The number of thioether (sulfide) groups is 1. The van der Waals surface area contributed by atoms with E-state index in [1.165, 1.54) is 28.7 Å². The van der Waals surface area contributed by atoms with Crippen molar-refractivity contribution in [3.05, 3.63) is 29.8 Å². The molecule has 0 atom stereocenters. The average molecular weight is 405 g/mol. The minimum Gasteiger partial charge on any atom is -0.325 e. The topological polar surface area (TPSA) is 75.2 Å². The highest BCUT2D eigenvalue weighted by molar-refractivity contribution is 8.01. The van der Waals surface area contributed by atoms with Crippen molar-refractivity contribution >= 4 is 45.7 Å². The third-order valence-corrected chi connectivity index (χ3v) is 6.33. The number of benzene rings is 1. The molecule has 0 aliphatic heterocycles. The summed E-state index contributed by atoms with van der Waals surface area (Å²) in [4.78, 5) is 26.1. The molecule has 1 aromatic heterocycles. The number of rotatable bonds is 8. The number of amides is 2.